The fourth-order valence-electron chi connectivity index (χ4n) is 6.14. The summed E-state index contributed by atoms with van der Waals surface area (Å²) in [6, 6.07) is 9.41. The van der Waals surface area contributed by atoms with Gasteiger partial charge in [0.2, 0.25) is 17.6 Å². The largest absolute Gasteiger partial charge is 0.356 e. The van der Waals surface area contributed by atoms with Gasteiger partial charge in [0.1, 0.15) is 6.04 Å². The smallest absolute Gasteiger partial charge is 0.289 e. The third-order valence-electron chi connectivity index (χ3n) is 9.03. The number of aryl methyl sites for hydroxylation is 1. The summed E-state index contributed by atoms with van der Waals surface area (Å²) in [5, 5.41) is 12.7. The average molecular weight is 561 g/mol. The van der Waals surface area contributed by atoms with Gasteiger partial charge in [0.25, 0.3) is 11.8 Å². The van der Waals surface area contributed by atoms with E-state index in [4.69, 9.17) is 0 Å². The molecule has 1 aromatic heterocycles. The number of benzene rings is 1. The maximum absolute atomic E-state index is 13.9. The van der Waals surface area contributed by atoms with Crippen LogP contribution in [-0.4, -0.2) is 75.3 Å². The Hall–Kier alpha value is -4.02. The van der Waals surface area contributed by atoms with E-state index in [9.17, 15) is 24.0 Å². The summed E-state index contributed by atoms with van der Waals surface area (Å²) in [4.78, 5) is 67.4. The van der Waals surface area contributed by atoms with Crippen molar-refractivity contribution in [2.75, 3.05) is 13.1 Å². The maximum Gasteiger partial charge on any atom is 0.289 e. The van der Waals surface area contributed by atoms with Crippen molar-refractivity contribution in [1.82, 2.24) is 30.6 Å². The van der Waals surface area contributed by atoms with E-state index in [0.717, 1.165) is 43.4 Å². The molecule has 3 N–H and O–H groups in total. The molecule has 1 unspecified atom stereocenters. The molecule has 11 nitrogen and oxygen atoms in total. The second-order valence-electron chi connectivity index (χ2n) is 12.1. The molecule has 4 amide bonds. The van der Waals surface area contributed by atoms with Crippen LogP contribution in [0.2, 0.25) is 0 Å². The quantitative estimate of drug-likeness (QED) is 0.395. The normalized spacial score (nSPS) is 23.5. The lowest BCUT2D eigenvalue weighted by molar-refractivity contribution is -0.141. The minimum atomic E-state index is -1.15. The van der Waals surface area contributed by atoms with Gasteiger partial charge in [-0.1, -0.05) is 30.3 Å². The number of ketones is 1. The van der Waals surface area contributed by atoms with Crippen LogP contribution in [0, 0.1) is 11.3 Å². The van der Waals surface area contributed by atoms with Crippen LogP contribution in [0.3, 0.4) is 0 Å². The Morgan fingerprint density at radius 2 is 1.85 bits per heavy atom. The highest BCUT2D eigenvalue weighted by molar-refractivity contribution is 6.38. The maximum atomic E-state index is 13.9. The van der Waals surface area contributed by atoms with Gasteiger partial charge in [0.15, 0.2) is 5.69 Å². The molecule has 2 saturated carbocycles. The van der Waals surface area contributed by atoms with Gasteiger partial charge in [-0.05, 0) is 68.4 Å². The minimum absolute atomic E-state index is 0.0158. The second-order valence-corrected chi connectivity index (χ2v) is 12.1. The molecule has 2 aliphatic heterocycles. The third-order valence-corrected chi connectivity index (χ3v) is 9.03. The van der Waals surface area contributed by atoms with Gasteiger partial charge in [-0.15, -0.1) is 0 Å². The number of carbonyl (C=O) groups excluding carboxylic acids is 5. The molecule has 6 rings (SSSR count). The molecule has 41 heavy (non-hydrogen) atoms. The number of nitrogens with zero attached hydrogens (tertiary/aromatic N) is 3. The van der Waals surface area contributed by atoms with E-state index >= 15 is 0 Å². The highest BCUT2D eigenvalue weighted by Gasteiger charge is 2.51. The summed E-state index contributed by atoms with van der Waals surface area (Å²) >= 11 is 0. The molecule has 0 radical (unpaired) electrons. The Bertz CT molecular complexity index is 1380. The van der Waals surface area contributed by atoms with E-state index in [-0.39, 0.29) is 35.4 Å². The van der Waals surface area contributed by atoms with Gasteiger partial charge >= 0.3 is 0 Å². The fraction of sp³-hybridized carbons (Fsp3) is 0.533. The number of amides is 4. The lowest BCUT2D eigenvalue weighted by Crippen LogP contribution is -2.58. The van der Waals surface area contributed by atoms with Crippen LogP contribution < -0.4 is 16.0 Å². The first-order chi connectivity index (χ1) is 19.7. The second kappa shape index (κ2) is 10.8. The van der Waals surface area contributed by atoms with E-state index in [1.54, 1.807) is 22.7 Å². The average Bonchev–Trinajstić information content (AvgIpc) is 3.87. The highest BCUT2D eigenvalue weighted by Crippen LogP contribution is 2.55. The molecule has 4 fully saturated rings. The summed E-state index contributed by atoms with van der Waals surface area (Å²) in [5.41, 5.74) is 1.97. The molecule has 2 aliphatic carbocycles. The van der Waals surface area contributed by atoms with Crippen LogP contribution in [0.5, 0.6) is 0 Å². The van der Waals surface area contributed by atoms with Crippen molar-refractivity contribution >= 4 is 29.4 Å². The number of aromatic nitrogens is 2. The van der Waals surface area contributed by atoms with Crippen molar-refractivity contribution < 1.29 is 24.0 Å². The van der Waals surface area contributed by atoms with E-state index in [1.165, 1.54) is 0 Å². The molecule has 0 bridgehead atoms. The number of nitrogens with one attached hydrogen (secondary N) is 3. The zero-order valence-electron chi connectivity index (χ0n) is 23.2. The van der Waals surface area contributed by atoms with Gasteiger partial charge in [-0.2, -0.15) is 5.10 Å². The Morgan fingerprint density at radius 1 is 1.10 bits per heavy atom. The lowest BCUT2D eigenvalue weighted by atomic mass is 9.86. The van der Waals surface area contributed by atoms with Crippen molar-refractivity contribution in [3.05, 3.63) is 42.1 Å². The number of rotatable bonds is 9. The van der Waals surface area contributed by atoms with Crippen LogP contribution in [-0.2, 0) is 26.2 Å². The van der Waals surface area contributed by atoms with E-state index < -0.39 is 35.6 Å². The summed E-state index contributed by atoms with van der Waals surface area (Å²) in [7, 11) is 1.78. The van der Waals surface area contributed by atoms with Crippen molar-refractivity contribution in [3.63, 3.8) is 0 Å². The Labute approximate surface area is 238 Å². The van der Waals surface area contributed by atoms with Gasteiger partial charge < -0.3 is 20.9 Å². The number of likely N-dealkylation sites (tertiary alicyclic amines) is 1. The molecular weight excluding hydrogens is 524 g/mol. The van der Waals surface area contributed by atoms with Crippen molar-refractivity contribution in [3.8, 4) is 11.3 Å². The standard InChI is InChI=1S/C30H36N6O5/c1-35-23(18-5-3-2-4-6-18)16-22(34-35)29(41)36-14-12-30(10-11-30)17-24(36)27(39)33-21(15-19-9-13-31-26(19)38)25(37)28(40)32-20-7-8-20/h2-6,16,19-21,24H,7-15,17H2,1H3,(H,31,38)(H,32,40)(H,33,39)/t19-,21?,24-/m0/s1. The van der Waals surface area contributed by atoms with Crippen LogP contribution in [0.1, 0.15) is 61.9 Å². The van der Waals surface area contributed by atoms with Gasteiger partial charge in [-0.3, -0.25) is 28.7 Å². The summed E-state index contributed by atoms with van der Waals surface area (Å²) in [6.45, 7) is 0.898. The van der Waals surface area contributed by atoms with Crippen molar-refractivity contribution in [1.29, 1.82) is 0 Å². The first-order valence-corrected chi connectivity index (χ1v) is 14.6. The van der Waals surface area contributed by atoms with Gasteiger partial charge in [0.05, 0.1) is 11.7 Å². The molecule has 2 saturated heterocycles. The lowest BCUT2D eigenvalue weighted by Gasteiger charge is -2.39. The molecular formula is C30H36N6O5. The first-order valence-electron chi connectivity index (χ1n) is 14.6. The molecule has 3 heterocycles. The number of hydrogen-bond acceptors (Lipinski definition) is 6. The van der Waals surface area contributed by atoms with Crippen LogP contribution in [0.15, 0.2) is 36.4 Å². The van der Waals surface area contributed by atoms with E-state index in [0.29, 0.717) is 25.9 Å². The zero-order valence-corrected chi connectivity index (χ0v) is 23.2. The highest BCUT2D eigenvalue weighted by atomic mass is 16.2. The summed E-state index contributed by atoms with van der Waals surface area (Å²) in [5.74, 6) is -2.97. The van der Waals surface area contributed by atoms with Crippen molar-refractivity contribution in [2.45, 2.75) is 69.5 Å². The monoisotopic (exact) mass is 560 g/mol. The van der Waals surface area contributed by atoms with Gasteiger partial charge in [-0.25, -0.2) is 0 Å². The first kappa shape index (κ1) is 27.2. The topological polar surface area (TPSA) is 142 Å². The zero-order chi connectivity index (χ0) is 28.7. The SMILES string of the molecule is Cn1nc(C(=O)N2CCC3(CC3)C[C@H]2C(=O)NC(C[C@@H]2CCNC2=O)C(=O)C(=O)NC2CC2)cc1-c1ccccc1. The number of piperidine rings is 1. The predicted molar refractivity (Wildman–Crippen MR) is 148 cm³/mol. The molecule has 4 aliphatic rings. The van der Waals surface area contributed by atoms with E-state index in [1.807, 2.05) is 30.3 Å². The molecule has 216 valence electrons. The summed E-state index contributed by atoms with van der Waals surface area (Å²) in [6.07, 6.45) is 5.50. The van der Waals surface area contributed by atoms with E-state index in [2.05, 4.69) is 21.0 Å². The summed E-state index contributed by atoms with van der Waals surface area (Å²) < 4.78 is 1.66. The minimum Gasteiger partial charge on any atom is -0.356 e. The number of Topliss-reactive ketones (excluding diaryl/α,β-unsaturated/α-hetero) is 1. The van der Waals surface area contributed by atoms with Crippen LogP contribution >= 0.6 is 0 Å². The molecule has 1 spiro atoms. The number of carbonyl (C=O) groups is 5. The fourth-order valence-corrected chi connectivity index (χ4v) is 6.14. The third kappa shape index (κ3) is 5.75. The van der Waals surface area contributed by atoms with Crippen LogP contribution in [0.4, 0.5) is 0 Å². The number of hydrogen-bond donors (Lipinski definition) is 3. The molecule has 11 heteroatoms. The Morgan fingerprint density at radius 3 is 2.51 bits per heavy atom. The Balaban J connectivity index is 1.23. The van der Waals surface area contributed by atoms with Crippen molar-refractivity contribution in [2.24, 2.45) is 18.4 Å². The molecule has 2 aromatic rings. The Kier molecular flexibility index (Phi) is 7.13. The molecule has 1 aromatic carbocycles. The van der Waals surface area contributed by atoms with Crippen LogP contribution in [0.25, 0.3) is 11.3 Å². The molecule has 3 atom stereocenters. The predicted octanol–water partition coefficient (Wildman–Crippen LogP) is 1.33. The van der Waals surface area contributed by atoms with Gasteiger partial charge in [0, 0.05) is 32.1 Å².